The molecule has 4 nitrogen and oxygen atoms in total. The molecule has 1 heterocycles. The highest BCUT2D eigenvalue weighted by molar-refractivity contribution is 9.10. The van der Waals surface area contributed by atoms with Crippen molar-refractivity contribution in [2.45, 2.75) is 20.3 Å². The van der Waals surface area contributed by atoms with Crippen molar-refractivity contribution in [1.29, 1.82) is 0 Å². The summed E-state index contributed by atoms with van der Waals surface area (Å²) in [6, 6.07) is 11.5. The van der Waals surface area contributed by atoms with Crippen LogP contribution in [0.1, 0.15) is 17.5 Å². The number of nitrogens with one attached hydrogen (secondary N) is 1. The molecule has 130 valence electrons. The van der Waals surface area contributed by atoms with Gasteiger partial charge in [0, 0.05) is 33.3 Å². The minimum Gasteiger partial charge on any atom is -0.326 e. The number of hydrogen-bond acceptors (Lipinski definition) is 2. The van der Waals surface area contributed by atoms with Crippen molar-refractivity contribution in [2.24, 2.45) is 5.92 Å². The molecule has 2 aromatic carbocycles. The van der Waals surface area contributed by atoms with E-state index < -0.39 is 0 Å². The zero-order chi connectivity index (χ0) is 18.1. The number of carbonyl (C=O) groups is 2. The van der Waals surface area contributed by atoms with Gasteiger partial charge < -0.3 is 10.2 Å². The van der Waals surface area contributed by atoms with Crippen LogP contribution in [0.15, 0.2) is 45.3 Å². The lowest BCUT2D eigenvalue weighted by molar-refractivity contribution is -0.122. The summed E-state index contributed by atoms with van der Waals surface area (Å²) in [7, 11) is 0. The van der Waals surface area contributed by atoms with Crippen LogP contribution in [0.4, 0.5) is 11.4 Å². The molecule has 0 bridgehead atoms. The Bertz CT molecular complexity index is 834. The van der Waals surface area contributed by atoms with Crippen LogP contribution in [0.3, 0.4) is 0 Å². The molecule has 0 radical (unpaired) electrons. The summed E-state index contributed by atoms with van der Waals surface area (Å²) in [6.45, 7) is 4.34. The lowest BCUT2D eigenvalue weighted by atomic mass is 10.1. The van der Waals surface area contributed by atoms with E-state index in [1.807, 2.05) is 50.2 Å². The molecule has 2 amide bonds. The molecule has 0 saturated carbocycles. The molecule has 0 spiro atoms. The minimum absolute atomic E-state index is 0.0221. The summed E-state index contributed by atoms with van der Waals surface area (Å²) in [6.07, 6.45) is 0.233. The number of amides is 2. The van der Waals surface area contributed by atoms with Crippen molar-refractivity contribution in [3.05, 3.63) is 56.5 Å². The summed E-state index contributed by atoms with van der Waals surface area (Å²) < 4.78 is 1.97. The van der Waals surface area contributed by atoms with Gasteiger partial charge >= 0.3 is 0 Å². The van der Waals surface area contributed by atoms with Crippen molar-refractivity contribution >= 4 is 55.0 Å². The number of carbonyl (C=O) groups excluding carboxylic acids is 2. The average Bonchev–Trinajstić information content (AvgIpc) is 2.95. The van der Waals surface area contributed by atoms with Gasteiger partial charge in [-0.25, -0.2) is 0 Å². The third-order valence-corrected chi connectivity index (χ3v) is 5.78. The van der Waals surface area contributed by atoms with Crippen LogP contribution in [0, 0.1) is 19.8 Å². The number of aryl methyl sites for hydroxylation is 2. The summed E-state index contributed by atoms with van der Waals surface area (Å²) in [5.41, 5.74) is 3.65. The van der Waals surface area contributed by atoms with Crippen molar-refractivity contribution in [1.82, 2.24) is 0 Å². The third kappa shape index (κ3) is 3.96. The molecular formula is C19H18Br2N2O2. The first kappa shape index (κ1) is 18.1. The number of anilines is 2. The Hall–Kier alpha value is -1.66. The summed E-state index contributed by atoms with van der Waals surface area (Å²) in [5, 5.41) is 2.98. The first-order chi connectivity index (χ1) is 11.8. The Morgan fingerprint density at radius 3 is 2.48 bits per heavy atom. The SMILES string of the molecule is Cc1cc(NC(=O)[C@H]2CC(=O)N(c3ccc(Br)cc3)C2)c(C)cc1Br. The Balaban J connectivity index is 1.73. The maximum absolute atomic E-state index is 12.6. The Kier molecular flexibility index (Phi) is 5.29. The highest BCUT2D eigenvalue weighted by Crippen LogP contribution is 2.29. The van der Waals surface area contributed by atoms with Gasteiger partial charge in [0.15, 0.2) is 0 Å². The molecule has 1 fully saturated rings. The highest BCUT2D eigenvalue weighted by atomic mass is 79.9. The van der Waals surface area contributed by atoms with Crippen LogP contribution < -0.4 is 10.2 Å². The monoisotopic (exact) mass is 464 g/mol. The lowest BCUT2D eigenvalue weighted by Crippen LogP contribution is -2.28. The number of rotatable bonds is 3. The summed E-state index contributed by atoms with van der Waals surface area (Å²) in [4.78, 5) is 26.6. The van der Waals surface area contributed by atoms with Gasteiger partial charge in [0.05, 0.1) is 5.92 Å². The number of halogens is 2. The summed E-state index contributed by atoms with van der Waals surface area (Å²) in [5.74, 6) is -0.483. The first-order valence-electron chi connectivity index (χ1n) is 7.98. The second-order valence-corrected chi connectivity index (χ2v) is 8.06. The largest absolute Gasteiger partial charge is 0.326 e. The maximum atomic E-state index is 12.6. The van der Waals surface area contributed by atoms with E-state index in [2.05, 4.69) is 37.2 Å². The van der Waals surface area contributed by atoms with E-state index in [0.717, 1.165) is 31.4 Å². The van der Waals surface area contributed by atoms with Gasteiger partial charge in [-0.2, -0.15) is 0 Å². The Labute approximate surface area is 163 Å². The third-order valence-electron chi connectivity index (χ3n) is 4.40. The predicted octanol–water partition coefficient (Wildman–Crippen LogP) is 4.82. The van der Waals surface area contributed by atoms with Crippen LogP contribution in [0.2, 0.25) is 0 Å². The molecular weight excluding hydrogens is 448 g/mol. The molecule has 3 rings (SSSR count). The smallest absolute Gasteiger partial charge is 0.229 e. The molecule has 0 aromatic heterocycles. The normalized spacial score (nSPS) is 17.0. The quantitative estimate of drug-likeness (QED) is 0.706. The number of hydrogen-bond donors (Lipinski definition) is 1. The van der Waals surface area contributed by atoms with Gasteiger partial charge in [-0.15, -0.1) is 0 Å². The molecule has 2 aromatic rings. The average molecular weight is 466 g/mol. The van der Waals surface area contributed by atoms with E-state index in [4.69, 9.17) is 0 Å². The van der Waals surface area contributed by atoms with E-state index in [9.17, 15) is 9.59 Å². The fraction of sp³-hybridized carbons (Fsp3) is 0.263. The fourth-order valence-corrected chi connectivity index (χ4v) is 3.63. The molecule has 1 saturated heterocycles. The van der Waals surface area contributed by atoms with Gasteiger partial charge in [-0.1, -0.05) is 31.9 Å². The van der Waals surface area contributed by atoms with E-state index >= 15 is 0 Å². The first-order valence-corrected chi connectivity index (χ1v) is 9.57. The molecule has 1 N–H and O–H groups in total. The zero-order valence-corrected chi connectivity index (χ0v) is 17.1. The van der Waals surface area contributed by atoms with Crippen LogP contribution in [0.25, 0.3) is 0 Å². The van der Waals surface area contributed by atoms with E-state index in [-0.39, 0.29) is 24.2 Å². The van der Waals surface area contributed by atoms with Crippen molar-refractivity contribution in [2.75, 3.05) is 16.8 Å². The fourth-order valence-electron chi connectivity index (χ4n) is 2.90. The molecule has 1 aliphatic heterocycles. The molecule has 0 unspecified atom stereocenters. The van der Waals surface area contributed by atoms with Crippen molar-refractivity contribution < 1.29 is 9.59 Å². The molecule has 1 aliphatic rings. The van der Waals surface area contributed by atoms with Gasteiger partial charge in [0.25, 0.3) is 0 Å². The molecule has 6 heteroatoms. The van der Waals surface area contributed by atoms with Gasteiger partial charge in [-0.3, -0.25) is 9.59 Å². The Morgan fingerprint density at radius 2 is 1.80 bits per heavy atom. The van der Waals surface area contributed by atoms with Crippen molar-refractivity contribution in [3.63, 3.8) is 0 Å². The standard InChI is InChI=1S/C19H18Br2N2O2/c1-11-8-17(12(2)7-16(11)21)22-19(25)13-9-18(24)23(10-13)15-5-3-14(20)4-6-15/h3-8,13H,9-10H2,1-2H3,(H,22,25)/t13-/m0/s1. The zero-order valence-electron chi connectivity index (χ0n) is 14.0. The van der Waals surface area contributed by atoms with Crippen LogP contribution in [0.5, 0.6) is 0 Å². The van der Waals surface area contributed by atoms with Crippen LogP contribution >= 0.6 is 31.9 Å². The Morgan fingerprint density at radius 1 is 1.12 bits per heavy atom. The predicted molar refractivity (Wildman–Crippen MR) is 107 cm³/mol. The van der Waals surface area contributed by atoms with Crippen molar-refractivity contribution in [3.8, 4) is 0 Å². The van der Waals surface area contributed by atoms with E-state index in [1.54, 1.807) is 4.90 Å². The lowest BCUT2D eigenvalue weighted by Gasteiger charge is -2.17. The maximum Gasteiger partial charge on any atom is 0.229 e. The highest BCUT2D eigenvalue weighted by Gasteiger charge is 2.35. The van der Waals surface area contributed by atoms with E-state index in [0.29, 0.717) is 6.54 Å². The van der Waals surface area contributed by atoms with Gasteiger partial charge in [0.1, 0.15) is 0 Å². The molecule has 25 heavy (non-hydrogen) atoms. The molecule has 0 aliphatic carbocycles. The topological polar surface area (TPSA) is 49.4 Å². The number of benzene rings is 2. The van der Waals surface area contributed by atoms with Crippen LogP contribution in [-0.2, 0) is 9.59 Å². The second-order valence-electron chi connectivity index (χ2n) is 6.29. The van der Waals surface area contributed by atoms with Crippen LogP contribution in [-0.4, -0.2) is 18.4 Å². The van der Waals surface area contributed by atoms with E-state index in [1.165, 1.54) is 0 Å². The van der Waals surface area contributed by atoms with Gasteiger partial charge in [-0.05, 0) is 61.4 Å². The molecule has 1 atom stereocenters. The van der Waals surface area contributed by atoms with Gasteiger partial charge in [0.2, 0.25) is 11.8 Å². The number of nitrogens with zero attached hydrogens (tertiary/aromatic N) is 1. The second kappa shape index (κ2) is 7.30. The summed E-state index contributed by atoms with van der Waals surface area (Å²) >= 11 is 6.88. The minimum atomic E-state index is -0.348.